The fourth-order valence-corrected chi connectivity index (χ4v) is 3.00. The van der Waals surface area contributed by atoms with Gasteiger partial charge in [-0.05, 0) is 11.1 Å². The Morgan fingerprint density at radius 1 is 0.889 bits per heavy atom. The minimum atomic E-state index is -1.11. The van der Waals surface area contributed by atoms with Crippen LogP contribution in [0.4, 0.5) is 0 Å². The van der Waals surface area contributed by atoms with Crippen molar-refractivity contribution in [1.29, 1.82) is 0 Å². The Bertz CT molecular complexity index is 712. The molecule has 0 amide bonds. The summed E-state index contributed by atoms with van der Waals surface area (Å²) in [6.07, 6.45) is 2.58. The quantitative estimate of drug-likeness (QED) is 0.690. The second-order valence-electron chi connectivity index (χ2n) is 6.31. The fraction of sp³-hybridized carbons (Fsp3) is 0.364. The van der Waals surface area contributed by atoms with Crippen LogP contribution in [0, 0.1) is 12.3 Å². The molecule has 1 aliphatic heterocycles. The van der Waals surface area contributed by atoms with Crippen molar-refractivity contribution in [3.8, 4) is 12.3 Å². The number of aliphatic hydroxyl groups is 1. The maximum absolute atomic E-state index is 10.2. The van der Waals surface area contributed by atoms with E-state index in [1.807, 2.05) is 60.7 Å². The predicted molar refractivity (Wildman–Crippen MR) is 101 cm³/mol. The number of rotatable bonds is 9. The predicted octanol–water partition coefficient (Wildman–Crippen LogP) is 2.52. The van der Waals surface area contributed by atoms with Crippen LogP contribution in [0.15, 0.2) is 60.7 Å². The number of benzene rings is 2. The molecule has 1 saturated heterocycles. The van der Waals surface area contributed by atoms with Crippen LogP contribution in [-0.4, -0.2) is 42.9 Å². The summed E-state index contributed by atoms with van der Waals surface area (Å²) in [5.41, 5.74) is 2.09. The summed E-state index contributed by atoms with van der Waals surface area (Å²) in [7, 11) is 0. The lowest BCUT2D eigenvalue weighted by molar-refractivity contribution is -0.147. The summed E-state index contributed by atoms with van der Waals surface area (Å²) >= 11 is 0. The van der Waals surface area contributed by atoms with Crippen LogP contribution in [0.5, 0.6) is 0 Å². The largest absolute Gasteiger partial charge is 0.374 e. The topological polar surface area (TPSA) is 57.2 Å². The van der Waals surface area contributed by atoms with Gasteiger partial charge in [0.1, 0.15) is 24.9 Å². The van der Waals surface area contributed by atoms with E-state index in [0.717, 1.165) is 11.1 Å². The maximum atomic E-state index is 10.2. The highest BCUT2D eigenvalue weighted by atomic mass is 16.7. The molecule has 27 heavy (non-hydrogen) atoms. The first kappa shape index (κ1) is 19.6. The molecule has 1 heterocycles. The molecule has 2 aromatic rings. The van der Waals surface area contributed by atoms with Crippen LogP contribution in [0.3, 0.4) is 0 Å². The van der Waals surface area contributed by atoms with E-state index < -0.39 is 24.6 Å². The molecule has 5 nitrogen and oxygen atoms in total. The molecule has 1 aliphatic rings. The molecule has 2 aromatic carbocycles. The smallest absolute Gasteiger partial charge is 0.184 e. The van der Waals surface area contributed by atoms with E-state index in [4.69, 9.17) is 25.4 Å². The summed E-state index contributed by atoms with van der Waals surface area (Å²) in [6, 6.07) is 19.7. The van der Waals surface area contributed by atoms with Crippen molar-refractivity contribution in [1.82, 2.24) is 0 Å². The summed E-state index contributed by atoms with van der Waals surface area (Å²) in [6.45, 7) is 1.19. The van der Waals surface area contributed by atoms with Crippen molar-refractivity contribution in [2.75, 3.05) is 13.2 Å². The highest BCUT2D eigenvalue weighted by Crippen LogP contribution is 2.27. The Hall–Kier alpha value is -2.20. The normalized spacial score (nSPS) is 24.6. The Kier molecular flexibility index (Phi) is 7.40. The molecular weight excluding hydrogens is 344 g/mol. The van der Waals surface area contributed by atoms with Gasteiger partial charge in [-0.2, -0.15) is 0 Å². The van der Waals surface area contributed by atoms with Crippen molar-refractivity contribution in [2.24, 2.45) is 0 Å². The molecular formula is C22H24O5. The van der Waals surface area contributed by atoms with Crippen LogP contribution >= 0.6 is 0 Å². The van der Waals surface area contributed by atoms with E-state index >= 15 is 0 Å². The van der Waals surface area contributed by atoms with Crippen LogP contribution in [0.25, 0.3) is 0 Å². The van der Waals surface area contributed by atoms with Crippen molar-refractivity contribution in [3.05, 3.63) is 71.8 Å². The minimum absolute atomic E-state index is 0.0773. The third-order valence-electron chi connectivity index (χ3n) is 4.32. The summed E-state index contributed by atoms with van der Waals surface area (Å²) in [4.78, 5) is 0. The fourth-order valence-electron chi connectivity index (χ4n) is 3.00. The zero-order chi connectivity index (χ0) is 18.9. The first-order valence-electron chi connectivity index (χ1n) is 8.93. The lowest BCUT2D eigenvalue weighted by Crippen LogP contribution is -2.39. The molecule has 1 N–H and O–H groups in total. The van der Waals surface area contributed by atoms with Gasteiger partial charge in [0, 0.05) is 0 Å². The van der Waals surface area contributed by atoms with Gasteiger partial charge in [-0.3, -0.25) is 0 Å². The molecule has 0 bridgehead atoms. The molecule has 1 fully saturated rings. The zero-order valence-corrected chi connectivity index (χ0v) is 15.1. The number of terminal acetylenes is 1. The SMILES string of the molecule is C#CCO[C@@H]1[C@@H](OCc2ccccc2)[C@@H](COCc2ccccc2)O[C@H]1O. The molecule has 0 saturated carbocycles. The Labute approximate surface area is 159 Å². The van der Waals surface area contributed by atoms with Gasteiger partial charge in [-0.15, -0.1) is 6.42 Å². The number of aliphatic hydroxyl groups excluding tert-OH is 1. The second kappa shape index (κ2) is 10.2. The van der Waals surface area contributed by atoms with Gasteiger partial charge < -0.3 is 24.1 Å². The van der Waals surface area contributed by atoms with E-state index in [0.29, 0.717) is 13.2 Å². The third-order valence-corrected chi connectivity index (χ3v) is 4.32. The van der Waals surface area contributed by atoms with Gasteiger partial charge in [0.15, 0.2) is 6.29 Å². The highest BCUT2D eigenvalue weighted by molar-refractivity contribution is 5.14. The number of hydrogen-bond acceptors (Lipinski definition) is 5. The van der Waals surface area contributed by atoms with E-state index in [1.54, 1.807) is 0 Å². The van der Waals surface area contributed by atoms with Crippen molar-refractivity contribution in [3.63, 3.8) is 0 Å². The minimum Gasteiger partial charge on any atom is -0.374 e. The Morgan fingerprint density at radius 3 is 2.15 bits per heavy atom. The van der Waals surface area contributed by atoms with Gasteiger partial charge in [-0.25, -0.2) is 0 Å². The Morgan fingerprint density at radius 2 is 1.52 bits per heavy atom. The lowest BCUT2D eigenvalue weighted by atomic mass is 10.1. The second-order valence-corrected chi connectivity index (χ2v) is 6.31. The van der Waals surface area contributed by atoms with Crippen LogP contribution in [0.1, 0.15) is 11.1 Å². The van der Waals surface area contributed by atoms with Gasteiger partial charge in [0.25, 0.3) is 0 Å². The van der Waals surface area contributed by atoms with Gasteiger partial charge in [0.05, 0.1) is 19.8 Å². The summed E-state index contributed by atoms with van der Waals surface area (Å²) in [5, 5.41) is 10.2. The monoisotopic (exact) mass is 368 g/mol. The number of hydrogen-bond donors (Lipinski definition) is 1. The van der Waals surface area contributed by atoms with Crippen molar-refractivity contribution in [2.45, 2.75) is 37.8 Å². The summed E-state index contributed by atoms with van der Waals surface area (Å²) in [5.74, 6) is 2.41. The van der Waals surface area contributed by atoms with Crippen LogP contribution < -0.4 is 0 Å². The standard InChI is InChI=1S/C22H24O5/c1-2-13-25-21-20(26-15-18-11-7-4-8-12-18)19(27-22(21)23)16-24-14-17-9-5-3-6-10-17/h1,3-12,19-23H,13-16H2/t19-,20+,21-,22-/m1/s1. The molecule has 3 rings (SSSR count). The number of ether oxygens (including phenoxy) is 4. The van der Waals surface area contributed by atoms with E-state index in [2.05, 4.69) is 5.92 Å². The van der Waals surface area contributed by atoms with E-state index in [-0.39, 0.29) is 13.2 Å². The molecule has 0 radical (unpaired) electrons. The molecule has 0 spiro atoms. The highest BCUT2D eigenvalue weighted by Gasteiger charge is 2.45. The summed E-state index contributed by atoms with van der Waals surface area (Å²) < 4.78 is 23.0. The lowest BCUT2D eigenvalue weighted by Gasteiger charge is -2.23. The van der Waals surface area contributed by atoms with Gasteiger partial charge >= 0.3 is 0 Å². The maximum Gasteiger partial charge on any atom is 0.184 e. The molecule has 0 aromatic heterocycles. The molecule has 0 unspecified atom stereocenters. The average Bonchev–Trinajstić information content (AvgIpc) is 3.00. The first-order valence-corrected chi connectivity index (χ1v) is 8.93. The average molecular weight is 368 g/mol. The third kappa shape index (κ3) is 5.64. The molecule has 4 atom stereocenters. The molecule has 142 valence electrons. The van der Waals surface area contributed by atoms with E-state index in [9.17, 15) is 5.11 Å². The van der Waals surface area contributed by atoms with E-state index in [1.165, 1.54) is 0 Å². The first-order chi connectivity index (χ1) is 13.3. The van der Waals surface area contributed by atoms with Gasteiger partial charge in [-0.1, -0.05) is 66.6 Å². The molecule has 5 heteroatoms. The molecule has 0 aliphatic carbocycles. The zero-order valence-electron chi connectivity index (χ0n) is 15.1. The Balaban J connectivity index is 1.59. The van der Waals surface area contributed by atoms with Crippen LogP contribution in [-0.2, 0) is 32.2 Å². The van der Waals surface area contributed by atoms with Crippen molar-refractivity contribution >= 4 is 0 Å². The van der Waals surface area contributed by atoms with Gasteiger partial charge in [0.2, 0.25) is 0 Å². The van der Waals surface area contributed by atoms with Crippen LogP contribution in [0.2, 0.25) is 0 Å². The van der Waals surface area contributed by atoms with Crippen molar-refractivity contribution < 1.29 is 24.1 Å².